The number of pyridine rings is 1. The number of halogens is 1. The monoisotopic (exact) mass is 502 g/mol. The van der Waals surface area contributed by atoms with Gasteiger partial charge in [0.2, 0.25) is 0 Å². The Morgan fingerprint density at radius 3 is 2.31 bits per heavy atom. The first-order valence-electron chi connectivity index (χ1n) is 11.5. The van der Waals surface area contributed by atoms with E-state index in [1.54, 1.807) is 52.4 Å². The summed E-state index contributed by atoms with van der Waals surface area (Å²) in [5, 5.41) is 3.41. The Labute approximate surface area is 212 Å². The Hall–Kier alpha value is -4.24. The van der Waals surface area contributed by atoms with Crippen LogP contribution in [-0.4, -0.2) is 62.5 Å². The van der Waals surface area contributed by atoms with Crippen LogP contribution in [0.1, 0.15) is 16.1 Å². The third-order valence-electron chi connectivity index (χ3n) is 6.04. The van der Waals surface area contributed by atoms with Crippen LogP contribution >= 0.6 is 11.6 Å². The third kappa shape index (κ3) is 4.92. The number of carbonyl (C=O) groups is 2. The first-order valence-corrected chi connectivity index (χ1v) is 11.9. The summed E-state index contributed by atoms with van der Waals surface area (Å²) in [6.45, 7) is 1.52. The standard InChI is InChI=1S/C26H23ClN6O3/c27-19-8-10-20(11-9-19)29-26(36)32-15-13-31(14-16-32)24(34)22-25(35)33(17-18-5-2-1-3-6-18)23-21(30-22)7-4-12-28-23/h1-12H,13-17H2,(H,29,36). The molecule has 1 aliphatic heterocycles. The van der Waals surface area contributed by atoms with Gasteiger partial charge in [-0.15, -0.1) is 0 Å². The zero-order chi connectivity index (χ0) is 25.1. The van der Waals surface area contributed by atoms with E-state index in [9.17, 15) is 14.4 Å². The van der Waals surface area contributed by atoms with E-state index in [1.165, 1.54) is 4.57 Å². The summed E-state index contributed by atoms with van der Waals surface area (Å²) in [5.41, 5.74) is 1.81. The van der Waals surface area contributed by atoms with Gasteiger partial charge in [0, 0.05) is 43.1 Å². The quantitative estimate of drug-likeness (QED) is 0.460. The molecule has 4 aromatic rings. The lowest BCUT2D eigenvalue weighted by Gasteiger charge is -2.34. The number of anilines is 1. The fourth-order valence-electron chi connectivity index (χ4n) is 4.13. The van der Waals surface area contributed by atoms with Gasteiger partial charge in [-0.2, -0.15) is 0 Å². The van der Waals surface area contributed by atoms with Crippen LogP contribution < -0.4 is 10.9 Å². The fraction of sp³-hybridized carbons (Fsp3) is 0.192. The molecule has 9 nitrogen and oxygen atoms in total. The molecule has 0 bridgehead atoms. The Bertz CT molecular complexity index is 1470. The van der Waals surface area contributed by atoms with Crippen molar-refractivity contribution in [1.29, 1.82) is 0 Å². The van der Waals surface area contributed by atoms with E-state index in [0.717, 1.165) is 5.56 Å². The summed E-state index contributed by atoms with van der Waals surface area (Å²) in [6, 6.07) is 19.6. The SMILES string of the molecule is O=C(Nc1ccc(Cl)cc1)N1CCN(C(=O)c2nc3cccnc3n(Cc3ccccc3)c2=O)CC1. The number of aromatic nitrogens is 3. The second-order valence-corrected chi connectivity index (χ2v) is 8.84. The summed E-state index contributed by atoms with van der Waals surface area (Å²) in [5.74, 6) is -0.453. The van der Waals surface area contributed by atoms with Gasteiger partial charge in [-0.1, -0.05) is 41.9 Å². The zero-order valence-corrected chi connectivity index (χ0v) is 20.1. The predicted molar refractivity (Wildman–Crippen MR) is 137 cm³/mol. The van der Waals surface area contributed by atoms with Crippen LogP contribution in [0.3, 0.4) is 0 Å². The van der Waals surface area contributed by atoms with E-state index in [2.05, 4.69) is 15.3 Å². The van der Waals surface area contributed by atoms with Crippen molar-refractivity contribution >= 4 is 40.4 Å². The molecule has 3 heterocycles. The fourth-order valence-corrected chi connectivity index (χ4v) is 4.25. The number of carbonyl (C=O) groups excluding carboxylic acids is 2. The van der Waals surface area contributed by atoms with E-state index in [0.29, 0.717) is 35.0 Å². The average Bonchev–Trinajstić information content (AvgIpc) is 2.91. The van der Waals surface area contributed by atoms with Crippen molar-refractivity contribution in [3.05, 3.63) is 99.6 Å². The number of nitrogens with one attached hydrogen (secondary N) is 1. The maximum atomic E-state index is 13.4. The number of piperazine rings is 1. The summed E-state index contributed by atoms with van der Waals surface area (Å²) in [7, 11) is 0. The van der Waals surface area contributed by atoms with E-state index in [4.69, 9.17) is 11.6 Å². The molecule has 36 heavy (non-hydrogen) atoms. The molecule has 0 unspecified atom stereocenters. The number of rotatable bonds is 4. The maximum absolute atomic E-state index is 13.4. The van der Waals surface area contributed by atoms with E-state index >= 15 is 0 Å². The van der Waals surface area contributed by atoms with Gasteiger partial charge < -0.3 is 15.1 Å². The van der Waals surface area contributed by atoms with Gasteiger partial charge >= 0.3 is 6.03 Å². The second-order valence-electron chi connectivity index (χ2n) is 8.40. The van der Waals surface area contributed by atoms with Crippen molar-refractivity contribution in [3.8, 4) is 0 Å². The van der Waals surface area contributed by atoms with Crippen LogP contribution in [0.5, 0.6) is 0 Å². The van der Waals surface area contributed by atoms with Crippen LogP contribution in [0.15, 0.2) is 77.7 Å². The molecule has 5 rings (SSSR count). The highest BCUT2D eigenvalue weighted by molar-refractivity contribution is 6.30. The minimum atomic E-state index is -0.488. The van der Waals surface area contributed by atoms with Crippen LogP contribution in [0.4, 0.5) is 10.5 Å². The van der Waals surface area contributed by atoms with Gasteiger partial charge in [-0.05, 0) is 42.0 Å². The molecule has 2 aromatic heterocycles. The number of nitrogens with zero attached hydrogens (tertiary/aromatic N) is 5. The molecule has 1 aliphatic rings. The molecule has 0 atom stereocenters. The number of hydrogen-bond acceptors (Lipinski definition) is 5. The number of benzene rings is 2. The van der Waals surface area contributed by atoms with Crippen molar-refractivity contribution in [1.82, 2.24) is 24.3 Å². The van der Waals surface area contributed by atoms with Gasteiger partial charge in [0.05, 0.1) is 6.54 Å². The third-order valence-corrected chi connectivity index (χ3v) is 6.29. The largest absolute Gasteiger partial charge is 0.334 e. The molecule has 1 fully saturated rings. The van der Waals surface area contributed by atoms with Gasteiger partial charge in [-0.3, -0.25) is 14.2 Å². The predicted octanol–water partition coefficient (Wildman–Crippen LogP) is 3.48. The zero-order valence-electron chi connectivity index (χ0n) is 19.3. The molecular weight excluding hydrogens is 480 g/mol. The summed E-state index contributed by atoms with van der Waals surface area (Å²) >= 11 is 5.89. The van der Waals surface area contributed by atoms with E-state index < -0.39 is 11.5 Å². The molecule has 1 N–H and O–H groups in total. The lowest BCUT2D eigenvalue weighted by Crippen LogP contribution is -2.52. The lowest BCUT2D eigenvalue weighted by molar-refractivity contribution is 0.0663. The molecule has 182 valence electrons. The molecule has 0 saturated carbocycles. The Balaban J connectivity index is 1.33. The highest BCUT2D eigenvalue weighted by atomic mass is 35.5. The number of hydrogen-bond donors (Lipinski definition) is 1. The Kier molecular flexibility index (Phi) is 6.64. The molecule has 2 aromatic carbocycles. The topological polar surface area (TPSA) is 100 Å². The van der Waals surface area contributed by atoms with Crippen LogP contribution in [0, 0.1) is 0 Å². The van der Waals surface area contributed by atoms with Crippen LogP contribution in [-0.2, 0) is 6.54 Å². The number of urea groups is 1. The van der Waals surface area contributed by atoms with Crippen LogP contribution in [0.2, 0.25) is 5.02 Å². The minimum absolute atomic E-state index is 0.148. The van der Waals surface area contributed by atoms with Crippen molar-refractivity contribution in [3.63, 3.8) is 0 Å². The normalized spacial score (nSPS) is 13.6. The van der Waals surface area contributed by atoms with Gasteiger partial charge in [0.15, 0.2) is 11.3 Å². The van der Waals surface area contributed by atoms with Crippen LogP contribution in [0.25, 0.3) is 11.2 Å². The lowest BCUT2D eigenvalue weighted by atomic mass is 10.2. The number of amides is 3. The van der Waals surface area contributed by atoms with Gasteiger partial charge in [-0.25, -0.2) is 14.8 Å². The molecule has 3 amide bonds. The smallest absolute Gasteiger partial charge is 0.321 e. The van der Waals surface area contributed by atoms with Crippen molar-refractivity contribution in [2.45, 2.75) is 6.54 Å². The highest BCUT2D eigenvalue weighted by Crippen LogP contribution is 2.15. The van der Waals surface area contributed by atoms with Crippen molar-refractivity contribution < 1.29 is 9.59 Å². The highest BCUT2D eigenvalue weighted by Gasteiger charge is 2.28. The molecule has 0 radical (unpaired) electrons. The summed E-state index contributed by atoms with van der Waals surface area (Å²) in [4.78, 5) is 51.3. The summed E-state index contributed by atoms with van der Waals surface area (Å²) < 4.78 is 1.49. The second kappa shape index (κ2) is 10.2. The molecule has 10 heteroatoms. The minimum Gasteiger partial charge on any atom is -0.334 e. The van der Waals surface area contributed by atoms with Gasteiger partial charge in [0.25, 0.3) is 11.5 Å². The number of fused-ring (bicyclic) bond motifs is 1. The first-order chi connectivity index (χ1) is 17.5. The molecule has 0 aliphatic carbocycles. The van der Waals surface area contributed by atoms with Crippen molar-refractivity contribution in [2.24, 2.45) is 0 Å². The molecule has 0 spiro atoms. The average molecular weight is 503 g/mol. The summed E-state index contributed by atoms with van der Waals surface area (Å²) in [6.07, 6.45) is 1.60. The molecule has 1 saturated heterocycles. The van der Waals surface area contributed by atoms with E-state index in [-0.39, 0.29) is 31.4 Å². The van der Waals surface area contributed by atoms with Crippen molar-refractivity contribution in [2.75, 3.05) is 31.5 Å². The Morgan fingerprint density at radius 1 is 0.889 bits per heavy atom. The van der Waals surface area contributed by atoms with Gasteiger partial charge in [0.1, 0.15) is 5.52 Å². The maximum Gasteiger partial charge on any atom is 0.321 e. The molecular formula is C26H23ClN6O3. The Morgan fingerprint density at radius 2 is 1.58 bits per heavy atom. The first kappa shape index (κ1) is 23.5. The van der Waals surface area contributed by atoms with E-state index in [1.807, 2.05) is 30.3 Å².